The lowest BCUT2D eigenvalue weighted by Crippen LogP contribution is -2.41. The number of ether oxygens (including phenoxy) is 2. The normalized spacial score (nSPS) is 13.0. The van der Waals surface area contributed by atoms with Gasteiger partial charge in [0.2, 0.25) is 0 Å². The molecule has 24 heavy (non-hydrogen) atoms. The van der Waals surface area contributed by atoms with Crippen molar-refractivity contribution in [1.29, 1.82) is 5.26 Å². The second-order valence-corrected chi connectivity index (χ2v) is 6.02. The highest BCUT2D eigenvalue weighted by Crippen LogP contribution is 2.25. The van der Waals surface area contributed by atoms with Gasteiger partial charge in [-0.15, -0.1) is 0 Å². The molecule has 1 amide bonds. The first-order chi connectivity index (χ1) is 11.5. The topological polar surface area (TPSA) is 71.3 Å². The Balaban J connectivity index is 2.83. The van der Waals surface area contributed by atoms with E-state index in [1.54, 1.807) is 32.2 Å². The smallest absolute Gasteiger partial charge is 0.256 e. The number of hydrogen-bond donors (Lipinski definition) is 1. The van der Waals surface area contributed by atoms with Crippen molar-refractivity contribution in [1.82, 2.24) is 0 Å². The molecular weight excluding hydrogens is 304 g/mol. The molecule has 0 heterocycles. The van der Waals surface area contributed by atoms with Crippen molar-refractivity contribution in [3.8, 4) is 11.8 Å². The predicted molar refractivity (Wildman–Crippen MR) is 95.1 cm³/mol. The summed E-state index contributed by atoms with van der Waals surface area (Å²) in [4.78, 5) is 12.6. The van der Waals surface area contributed by atoms with Crippen LogP contribution < -0.4 is 10.1 Å². The fourth-order valence-corrected chi connectivity index (χ4v) is 2.32. The van der Waals surface area contributed by atoms with Crippen LogP contribution in [0.5, 0.6) is 5.75 Å². The van der Waals surface area contributed by atoms with Crippen LogP contribution in [0.2, 0.25) is 0 Å². The van der Waals surface area contributed by atoms with Gasteiger partial charge in [0.15, 0.2) is 0 Å². The maximum atomic E-state index is 12.6. The monoisotopic (exact) mass is 332 g/mol. The number of carbonyl (C=O) groups is 1. The lowest BCUT2D eigenvalue weighted by atomic mass is 9.97. The van der Waals surface area contributed by atoms with Crippen LogP contribution in [0.15, 0.2) is 18.2 Å². The Hall–Kier alpha value is -2.06. The summed E-state index contributed by atoms with van der Waals surface area (Å²) in [5.41, 5.74) is 0.102. The molecule has 0 aliphatic carbocycles. The standard InChI is InChI=1S/C19H28N2O3/c1-5-7-8-11-19(3,23-4)18(22)21-16-9-10-17(24-12-6-2)15(13-16)14-20/h9-10,13H,5-8,11-12H2,1-4H3,(H,21,22)/t19-/m0/s1. The molecular formula is C19H28N2O3. The van der Waals surface area contributed by atoms with Crippen LogP contribution in [0.4, 0.5) is 5.69 Å². The molecule has 0 aliphatic heterocycles. The van der Waals surface area contributed by atoms with Gasteiger partial charge >= 0.3 is 0 Å². The lowest BCUT2D eigenvalue weighted by Gasteiger charge is -2.27. The summed E-state index contributed by atoms with van der Waals surface area (Å²) in [6.45, 7) is 6.47. The van der Waals surface area contributed by atoms with E-state index in [-0.39, 0.29) is 5.91 Å². The van der Waals surface area contributed by atoms with Crippen LogP contribution in [-0.2, 0) is 9.53 Å². The number of unbranched alkanes of at least 4 members (excludes halogenated alkanes) is 2. The summed E-state index contributed by atoms with van der Waals surface area (Å²) in [6, 6.07) is 7.19. The first-order valence-electron chi connectivity index (χ1n) is 8.54. The number of carbonyl (C=O) groups excluding carboxylic acids is 1. The van der Waals surface area contributed by atoms with Crippen molar-refractivity contribution >= 4 is 11.6 Å². The Morgan fingerprint density at radius 1 is 1.29 bits per heavy atom. The Labute approximate surface area is 145 Å². The molecule has 1 N–H and O–H groups in total. The van der Waals surface area contributed by atoms with E-state index >= 15 is 0 Å². The van der Waals surface area contributed by atoms with Crippen LogP contribution >= 0.6 is 0 Å². The van der Waals surface area contributed by atoms with Gasteiger partial charge in [-0.1, -0.05) is 33.1 Å². The number of nitrogens with one attached hydrogen (secondary N) is 1. The van der Waals surface area contributed by atoms with E-state index in [0.29, 0.717) is 30.0 Å². The fourth-order valence-electron chi connectivity index (χ4n) is 2.32. The van der Waals surface area contributed by atoms with Crippen LogP contribution in [0.1, 0.15) is 58.4 Å². The van der Waals surface area contributed by atoms with Crippen molar-refractivity contribution < 1.29 is 14.3 Å². The maximum absolute atomic E-state index is 12.6. The second kappa shape index (κ2) is 9.94. The van der Waals surface area contributed by atoms with Crippen molar-refractivity contribution in [2.75, 3.05) is 19.0 Å². The molecule has 0 aromatic heterocycles. The minimum atomic E-state index is -0.876. The molecule has 5 heteroatoms. The fraction of sp³-hybridized carbons (Fsp3) is 0.579. The van der Waals surface area contributed by atoms with Gasteiger partial charge in [-0.05, 0) is 38.0 Å². The highest BCUT2D eigenvalue weighted by Gasteiger charge is 2.32. The molecule has 0 fully saturated rings. The molecule has 1 rings (SSSR count). The van der Waals surface area contributed by atoms with E-state index in [1.165, 1.54) is 0 Å². The summed E-state index contributed by atoms with van der Waals surface area (Å²) >= 11 is 0. The summed E-state index contributed by atoms with van der Waals surface area (Å²) in [6.07, 6.45) is 4.61. The number of anilines is 1. The number of nitriles is 1. The Bertz CT molecular complexity index is 580. The van der Waals surface area contributed by atoms with E-state index in [1.807, 2.05) is 6.92 Å². The molecule has 0 spiro atoms. The van der Waals surface area contributed by atoms with Crippen molar-refractivity contribution in [3.63, 3.8) is 0 Å². The van der Waals surface area contributed by atoms with Crippen LogP contribution in [0, 0.1) is 11.3 Å². The van der Waals surface area contributed by atoms with Gasteiger partial charge in [-0.3, -0.25) is 4.79 Å². The van der Waals surface area contributed by atoms with Crippen molar-refractivity contribution in [3.05, 3.63) is 23.8 Å². The minimum Gasteiger partial charge on any atom is -0.492 e. The van der Waals surface area contributed by atoms with E-state index < -0.39 is 5.60 Å². The summed E-state index contributed by atoms with van der Waals surface area (Å²) < 4.78 is 11.0. The molecule has 0 saturated carbocycles. The third kappa shape index (κ3) is 5.54. The number of amides is 1. The first kappa shape index (κ1) is 20.0. The zero-order valence-corrected chi connectivity index (χ0v) is 15.1. The van der Waals surface area contributed by atoms with Crippen molar-refractivity contribution in [2.24, 2.45) is 0 Å². The molecule has 0 radical (unpaired) electrons. The van der Waals surface area contributed by atoms with Gasteiger partial charge in [0, 0.05) is 12.8 Å². The van der Waals surface area contributed by atoms with Gasteiger partial charge in [0.1, 0.15) is 17.4 Å². The number of benzene rings is 1. The number of hydrogen-bond acceptors (Lipinski definition) is 4. The molecule has 0 saturated heterocycles. The average Bonchev–Trinajstić information content (AvgIpc) is 2.60. The number of rotatable bonds is 10. The van der Waals surface area contributed by atoms with E-state index in [2.05, 4.69) is 18.3 Å². The quantitative estimate of drug-likeness (QED) is 0.649. The zero-order valence-electron chi connectivity index (χ0n) is 15.1. The third-order valence-corrected chi connectivity index (χ3v) is 4.01. The van der Waals surface area contributed by atoms with Gasteiger partial charge in [0.05, 0.1) is 12.2 Å². The van der Waals surface area contributed by atoms with Crippen LogP contribution in [-0.4, -0.2) is 25.2 Å². The highest BCUT2D eigenvalue weighted by molar-refractivity contribution is 5.97. The maximum Gasteiger partial charge on any atom is 0.256 e. The number of methoxy groups -OCH3 is 1. The molecule has 0 aliphatic rings. The van der Waals surface area contributed by atoms with E-state index in [0.717, 1.165) is 25.7 Å². The molecule has 132 valence electrons. The molecule has 1 aromatic rings. The van der Waals surface area contributed by atoms with Crippen molar-refractivity contribution in [2.45, 2.75) is 58.5 Å². The summed E-state index contributed by atoms with van der Waals surface area (Å²) in [5.74, 6) is 0.335. The highest BCUT2D eigenvalue weighted by atomic mass is 16.5. The molecule has 0 bridgehead atoms. The van der Waals surface area contributed by atoms with Gasteiger partial charge in [-0.2, -0.15) is 5.26 Å². The van der Waals surface area contributed by atoms with Crippen LogP contribution in [0.25, 0.3) is 0 Å². The van der Waals surface area contributed by atoms with E-state index in [9.17, 15) is 10.1 Å². The van der Waals surface area contributed by atoms with Crippen LogP contribution in [0.3, 0.4) is 0 Å². The number of nitrogens with zero attached hydrogens (tertiary/aromatic N) is 1. The molecule has 1 atom stereocenters. The Morgan fingerprint density at radius 2 is 2.04 bits per heavy atom. The first-order valence-corrected chi connectivity index (χ1v) is 8.54. The molecule has 0 unspecified atom stereocenters. The predicted octanol–water partition coefficient (Wildman–Crippen LogP) is 4.27. The summed E-state index contributed by atoms with van der Waals surface area (Å²) in [5, 5.41) is 12.1. The third-order valence-electron chi connectivity index (χ3n) is 4.01. The zero-order chi connectivity index (χ0) is 18.0. The summed E-state index contributed by atoms with van der Waals surface area (Å²) in [7, 11) is 1.55. The lowest BCUT2D eigenvalue weighted by molar-refractivity contribution is -0.136. The van der Waals surface area contributed by atoms with Gasteiger partial charge in [0.25, 0.3) is 5.91 Å². The Morgan fingerprint density at radius 3 is 2.62 bits per heavy atom. The second-order valence-electron chi connectivity index (χ2n) is 6.02. The Kier molecular flexibility index (Phi) is 8.28. The van der Waals surface area contributed by atoms with E-state index in [4.69, 9.17) is 9.47 Å². The average molecular weight is 332 g/mol. The molecule has 5 nitrogen and oxygen atoms in total. The SMILES string of the molecule is CCCCC[C@](C)(OC)C(=O)Nc1ccc(OCCC)c(C#N)c1. The molecule has 1 aromatic carbocycles. The minimum absolute atomic E-state index is 0.202. The van der Waals surface area contributed by atoms with Gasteiger partial charge < -0.3 is 14.8 Å². The largest absolute Gasteiger partial charge is 0.492 e. The van der Waals surface area contributed by atoms with Gasteiger partial charge in [-0.25, -0.2) is 0 Å².